The molecule has 1 aliphatic heterocycles. The predicted molar refractivity (Wildman–Crippen MR) is 137 cm³/mol. The highest BCUT2D eigenvalue weighted by atomic mass is 19.1. The number of piperazine rings is 1. The van der Waals surface area contributed by atoms with Gasteiger partial charge in [-0.25, -0.2) is 4.39 Å². The number of halogens is 1. The van der Waals surface area contributed by atoms with Crippen molar-refractivity contribution in [2.24, 2.45) is 23.2 Å². The van der Waals surface area contributed by atoms with Gasteiger partial charge in [-0.3, -0.25) is 14.5 Å². The summed E-state index contributed by atoms with van der Waals surface area (Å²) < 4.78 is 20.2. The molecule has 198 valence electrons. The molecular weight excluding hydrogens is 457 g/mol. The van der Waals surface area contributed by atoms with Crippen LogP contribution in [0.15, 0.2) is 18.2 Å². The third kappa shape index (κ3) is 6.21. The fraction of sp³-hybridized carbons (Fsp3) is 0.724. The average Bonchev–Trinajstić information content (AvgIpc) is 3.51. The van der Waals surface area contributed by atoms with Crippen LogP contribution in [0.1, 0.15) is 70.8 Å². The summed E-state index contributed by atoms with van der Waals surface area (Å²) in [6, 6.07) is 4.99. The lowest BCUT2D eigenvalue weighted by atomic mass is 9.81. The van der Waals surface area contributed by atoms with Crippen LogP contribution in [-0.4, -0.2) is 60.4 Å². The number of fused-ring (bicyclic) bond motifs is 1. The number of carbonyl (C=O) groups excluding carboxylic acids is 2. The largest absolute Gasteiger partial charge is 0.490 e. The molecule has 6 nitrogen and oxygen atoms in total. The van der Waals surface area contributed by atoms with E-state index >= 15 is 0 Å². The number of benzene rings is 1. The van der Waals surface area contributed by atoms with Gasteiger partial charge in [0.1, 0.15) is 11.6 Å². The molecule has 3 aliphatic carbocycles. The van der Waals surface area contributed by atoms with Gasteiger partial charge in [-0.2, -0.15) is 0 Å². The van der Waals surface area contributed by atoms with Crippen molar-refractivity contribution in [3.8, 4) is 5.75 Å². The molecule has 0 aromatic heterocycles. The number of hydrogen-bond donors (Lipinski definition) is 1. The van der Waals surface area contributed by atoms with E-state index in [0.717, 1.165) is 49.2 Å². The molecule has 1 aromatic carbocycles. The van der Waals surface area contributed by atoms with E-state index in [9.17, 15) is 14.0 Å². The summed E-state index contributed by atoms with van der Waals surface area (Å²) in [4.78, 5) is 29.4. The molecule has 7 heteroatoms. The van der Waals surface area contributed by atoms with E-state index in [1.54, 1.807) is 12.1 Å². The Morgan fingerprint density at radius 3 is 2.44 bits per heavy atom. The SMILES string of the molecule is CCC1CC2CC(C)(CC(=O)NCC(=O)N3CCN(Cc4cc(OC5CC5)ccc4F)CC3)CC2C1. The van der Waals surface area contributed by atoms with Crippen molar-refractivity contribution in [2.45, 2.75) is 77.9 Å². The molecule has 1 saturated heterocycles. The number of nitrogens with zero attached hydrogens (tertiary/aromatic N) is 2. The Bertz CT molecular complexity index is 943. The van der Waals surface area contributed by atoms with Crippen LogP contribution in [0.2, 0.25) is 0 Å². The summed E-state index contributed by atoms with van der Waals surface area (Å²) in [6.45, 7) is 7.67. The third-order valence-electron chi connectivity index (χ3n) is 9.01. The molecular formula is C29H42FN3O3. The highest BCUT2D eigenvalue weighted by Gasteiger charge is 2.47. The number of rotatable bonds is 9. The standard InChI is InChI=1S/C29H42FN3O3/c1-3-20-12-21-15-29(2,16-22(21)13-20)17-27(34)31-18-28(35)33-10-8-32(9-11-33)19-23-14-25(6-7-26(23)30)36-24-4-5-24/h6-7,14,20-22,24H,3-5,8-13,15-19H2,1-2H3,(H,31,34). The summed E-state index contributed by atoms with van der Waals surface area (Å²) in [5, 5.41) is 2.90. The molecule has 36 heavy (non-hydrogen) atoms. The lowest BCUT2D eigenvalue weighted by molar-refractivity contribution is -0.134. The van der Waals surface area contributed by atoms with Crippen molar-refractivity contribution in [2.75, 3.05) is 32.7 Å². The Labute approximate surface area is 214 Å². The van der Waals surface area contributed by atoms with Crippen LogP contribution in [0.4, 0.5) is 4.39 Å². The summed E-state index contributed by atoms with van der Waals surface area (Å²) >= 11 is 0. The summed E-state index contributed by atoms with van der Waals surface area (Å²) in [5.41, 5.74) is 0.707. The van der Waals surface area contributed by atoms with Crippen molar-refractivity contribution in [3.05, 3.63) is 29.6 Å². The highest BCUT2D eigenvalue weighted by molar-refractivity contribution is 5.85. The van der Waals surface area contributed by atoms with Gasteiger partial charge >= 0.3 is 0 Å². The van der Waals surface area contributed by atoms with Crippen LogP contribution in [-0.2, 0) is 16.1 Å². The van der Waals surface area contributed by atoms with Crippen LogP contribution in [0.3, 0.4) is 0 Å². The van der Waals surface area contributed by atoms with Crippen LogP contribution in [0.5, 0.6) is 5.75 Å². The second kappa shape index (κ2) is 10.7. The van der Waals surface area contributed by atoms with Crippen molar-refractivity contribution in [1.82, 2.24) is 15.1 Å². The quantitative estimate of drug-likeness (QED) is 0.548. The van der Waals surface area contributed by atoms with Crippen molar-refractivity contribution < 1.29 is 18.7 Å². The first kappa shape index (κ1) is 25.5. The minimum atomic E-state index is -0.218. The first-order valence-corrected chi connectivity index (χ1v) is 14.0. The summed E-state index contributed by atoms with van der Waals surface area (Å²) in [7, 11) is 0. The monoisotopic (exact) mass is 499 g/mol. The van der Waals surface area contributed by atoms with Gasteiger partial charge in [0, 0.05) is 44.7 Å². The Kier molecular flexibility index (Phi) is 7.57. The second-order valence-electron chi connectivity index (χ2n) is 12.2. The summed E-state index contributed by atoms with van der Waals surface area (Å²) in [5.74, 6) is 2.93. The maximum absolute atomic E-state index is 14.3. The van der Waals surface area contributed by atoms with Crippen molar-refractivity contribution in [1.29, 1.82) is 0 Å². The average molecular weight is 500 g/mol. The lowest BCUT2D eigenvalue weighted by Crippen LogP contribution is -2.51. The zero-order valence-corrected chi connectivity index (χ0v) is 21.9. The van der Waals surface area contributed by atoms with Gasteiger partial charge in [-0.15, -0.1) is 0 Å². The molecule has 5 rings (SSSR count). The van der Waals surface area contributed by atoms with E-state index in [4.69, 9.17) is 4.74 Å². The molecule has 0 bridgehead atoms. The molecule has 3 saturated carbocycles. The lowest BCUT2D eigenvalue weighted by Gasteiger charge is -2.35. The zero-order chi connectivity index (χ0) is 25.3. The maximum Gasteiger partial charge on any atom is 0.242 e. The molecule has 0 spiro atoms. The van der Waals surface area contributed by atoms with Crippen molar-refractivity contribution in [3.63, 3.8) is 0 Å². The Hall–Kier alpha value is -2.15. The fourth-order valence-electron chi connectivity index (χ4n) is 6.92. The van der Waals surface area contributed by atoms with Gasteiger partial charge in [0.15, 0.2) is 0 Å². The van der Waals surface area contributed by atoms with Gasteiger partial charge in [-0.1, -0.05) is 20.3 Å². The Balaban J connectivity index is 1.02. The fourth-order valence-corrected chi connectivity index (χ4v) is 6.92. The number of ether oxygens (including phenoxy) is 1. The maximum atomic E-state index is 14.3. The topological polar surface area (TPSA) is 61.9 Å². The van der Waals surface area contributed by atoms with Gasteiger partial charge in [-0.05, 0) is 79.9 Å². The normalized spacial score (nSPS) is 30.3. The first-order chi connectivity index (χ1) is 17.3. The number of nitrogens with one attached hydrogen (secondary N) is 1. The van der Waals surface area contributed by atoms with E-state index < -0.39 is 0 Å². The van der Waals surface area contributed by atoms with Gasteiger partial charge in [0.2, 0.25) is 11.8 Å². The smallest absolute Gasteiger partial charge is 0.242 e. The van der Waals surface area contributed by atoms with Gasteiger partial charge < -0.3 is 15.0 Å². The summed E-state index contributed by atoms with van der Waals surface area (Å²) in [6.07, 6.45) is 9.18. The van der Waals surface area contributed by atoms with Crippen LogP contribution in [0, 0.1) is 29.0 Å². The van der Waals surface area contributed by atoms with E-state index in [2.05, 4.69) is 24.1 Å². The molecule has 1 aromatic rings. The third-order valence-corrected chi connectivity index (χ3v) is 9.01. The number of amides is 2. The van der Waals surface area contributed by atoms with Crippen molar-refractivity contribution >= 4 is 11.8 Å². The van der Waals surface area contributed by atoms with E-state index in [1.165, 1.54) is 25.3 Å². The first-order valence-electron chi connectivity index (χ1n) is 14.0. The van der Waals surface area contributed by atoms with E-state index in [-0.39, 0.29) is 35.7 Å². The molecule has 0 radical (unpaired) electrons. The molecule has 2 amide bonds. The molecule has 2 atom stereocenters. The molecule has 4 aliphatic rings. The molecule has 2 unspecified atom stereocenters. The van der Waals surface area contributed by atoms with E-state index in [1.807, 2.05) is 4.90 Å². The minimum Gasteiger partial charge on any atom is -0.490 e. The molecule has 1 heterocycles. The van der Waals surface area contributed by atoms with E-state index in [0.29, 0.717) is 44.7 Å². The number of carbonyl (C=O) groups is 2. The van der Waals surface area contributed by atoms with Crippen LogP contribution < -0.4 is 10.1 Å². The number of hydrogen-bond acceptors (Lipinski definition) is 4. The molecule has 1 N–H and O–H groups in total. The van der Waals surface area contributed by atoms with Crippen LogP contribution >= 0.6 is 0 Å². The Morgan fingerprint density at radius 1 is 1.11 bits per heavy atom. The van der Waals surface area contributed by atoms with Crippen LogP contribution in [0.25, 0.3) is 0 Å². The van der Waals surface area contributed by atoms with Gasteiger partial charge in [0.05, 0.1) is 12.6 Å². The predicted octanol–water partition coefficient (Wildman–Crippen LogP) is 4.37. The highest BCUT2D eigenvalue weighted by Crippen LogP contribution is 2.56. The second-order valence-corrected chi connectivity index (χ2v) is 12.2. The zero-order valence-electron chi connectivity index (χ0n) is 21.9. The Morgan fingerprint density at radius 2 is 1.81 bits per heavy atom. The minimum absolute atomic E-state index is 0.000254. The molecule has 4 fully saturated rings. The van der Waals surface area contributed by atoms with Gasteiger partial charge in [0.25, 0.3) is 0 Å².